The van der Waals surface area contributed by atoms with Crippen LogP contribution < -0.4 is 0 Å². The fraction of sp³-hybridized carbons (Fsp3) is 0. The van der Waals surface area contributed by atoms with Gasteiger partial charge in [0.1, 0.15) is 0 Å². The summed E-state index contributed by atoms with van der Waals surface area (Å²) in [6, 6.07) is 0. The van der Waals surface area contributed by atoms with Crippen LogP contribution in [0.25, 0.3) is 0 Å². The highest BCUT2D eigenvalue weighted by molar-refractivity contribution is 6.08. The van der Waals surface area contributed by atoms with Crippen molar-refractivity contribution in [3.05, 3.63) is 0 Å². The second-order valence-electron chi connectivity index (χ2n) is 0.453. The molecule has 0 amide bonds. The molecule has 0 rings (SSSR count). The maximum absolute atomic E-state index is 10.3. The summed E-state index contributed by atoms with van der Waals surface area (Å²) >= 11 is 0. The van der Waals surface area contributed by atoms with Crippen molar-refractivity contribution in [1.82, 2.24) is 0 Å². The van der Waals surface area contributed by atoms with Crippen LogP contribution in [0.15, 0.2) is 4.90 Å². The van der Waals surface area contributed by atoms with Gasteiger partial charge in [-0.05, 0) is 0 Å². The number of nitrogens with zero attached hydrogens (tertiary/aromatic N) is 1. The summed E-state index contributed by atoms with van der Waals surface area (Å²) in [5.74, 6) is 0. The fourth-order valence-electron chi connectivity index (χ4n) is 0.0398. The maximum Gasteiger partial charge on any atom is 0.248 e. The molecule has 0 N–H and O–H groups in total. The Balaban J connectivity index is 2.62. The molecule has 0 heterocycles. The molecule has 5 heavy (non-hydrogen) atoms. The minimum atomic E-state index is 0.708. The van der Waals surface area contributed by atoms with Gasteiger partial charge in [-0.15, -0.1) is 0 Å². The first-order valence-electron chi connectivity index (χ1n) is 1.10. The third-order valence-corrected chi connectivity index (χ3v) is 0.145. The van der Waals surface area contributed by atoms with Gasteiger partial charge >= 0.3 is 0 Å². The van der Waals surface area contributed by atoms with Gasteiger partial charge in [0.15, 0.2) is 0 Å². The van der Waals surface area contributed by atoms with Crippen molar-refractivity contribution in [2.45, 2.75) is 0 Å². The first-order chi connectivity index (χ1) is 2.41. The molecule has 0 atom stereocenters. The normalized spacial score (nSPS) is 9.00. The molecule has 0 spiro atoms. The van der Waals surface area contributed by atoms with Gasteiger partial charge < -0.3 is 4.90 Å². The zero-order chi connectivity index (χ0) is 4.12. The Morgan fingerprint density at radius 1 is 2.00 bits per heavy atom. The molecule has 0 aliphatic heterocycles. The molecule has 0 radical (unpaired) electrons. The molecule has 0 aromatic heterocycles. The van der Waals surface area contributed by atoms with Gasteiger partial charge in [0.05, 0.1) is 0 Å². The van der Waals surface area contributed by atoms with Gasteiger partial charge in [-0.1, -0.05) is 0 Å². The van der Waals surface area contributed by atoms with Gasteiger partial charge in [0.2, 0.25) is 14.4 Å². The second-order valence-corrected chi connectivity index (χ2v) is 0.453. The molecule has 0 saturated heterocycles. The number of halogens is 1. The molecule has 0 aromatic rings. The van der Waals surface area contributed by atoms with Crippen molar-refractivity contribution in [2.75, 3.05) is 0 Å². The maximum atomic E-state index is 10.3. The van der Waals surface area contributed by atoms with Gasteiger partial charge in [-0.25, -0.2) is 0 Å². The Morgan fingerprint density at radius 2 is 2.60 bits per heavy atom. The van der Waals surface area contributed by atoms with Crippen LogP contribution in [0, 0.1) is 0 Å². The average Bonchev–Trinajstić information content (AvgIpc) is 1.41. The summed E-state index contributed by atoms with van der Waals surface area (Å²) in [5.41, 5.74) is 0. The number of hydrogen-bond donors (Lipinski definition) is 0. The van der Waals surface area contributed by atoms with Crippen LogP contribution in [0.5, 0.6) is 0 Å². The Bertz CT molecular complexity index is 38.6. The molecule has 0 fully saturated rings. The van der Waals surface area contributed by atoms with Crippen LogP contribution in [0.2, 0.25) is 0 Å². The van der Waals surface area contributed by atoms with Gasteiger partial charge in [-0.2, -0.15) is 0 Å². The molecule has 0 aliphatic carbocycles. The predicted molar refractivity (Wildman–Crippen MR) is 19.2 cm³/mol. The first kappa shape index (κ1) is 4.46. The predicted octanol–water partition coefficient (Wildman–Crippen LogP) is -0.536. The van der Waals surface area contributed by atoms with E-state index in [1.807, 2.05) is 0 Å². The molecular formula is CH3BFNO. The topological polar surface area (TPSA) is 21.6 Å². The van der Waals surface area contributed by atoms with E-state index in [4.69, 9.17) is 0 Å². The standard InChI is InChI=1S/CH3BFNO/c2-4-1-5-3/h1H,2H2/b4-1+. The molecule has 2 nitrogen and oxygen atoms in total. The molecule has 28 valence electrons. The highest BCUT2D eigenvalue weighted by Gasteiger charge is 1.54. The van der Waals surface area contributed by atoms with Crippen molar-refractivity contribution >= 4 is 14.4 Å². The van der Waals surface area contributed by atoms with E-state index in [-0.39, 0.29) is 0 Å². The lowest BCUT2D eigenvalue weighted by Gasteiger charge is -1.67. The Kier molecular flexibility index (Phi) is 3.09. The van der Waals surface area contributed by atoms with Crippen molar-refractivity contribution < 1.29 is 9.47 Å². The summed E-state index contributed by atoms with van der Waals surface area (Å²) in [7, 11) is 1.42. The van der Waals surface area contributed by atoms with Crippen molar-refractivity contribution in [2.24, 2.45) is 4.90 Å². The summed E-state index contributed by atoms with van der Waals surface area (Å²) in [5, 5.41) is 0. The van der Waals surface area contributed by atoms with Crippen LogP contribution in [0.3, 0.4) is 0 Å². The van der Waals surface area contributed by atoms with E-state index >= 15 is 0 Å². The quantitative estimate of drug-likeness (QED) is 0.233. The van der Waals surface area contributed by atoms with Crippen molar-refractivity contribution in [3.8, 4) is 0 Å². The van der Waals surface area contributed by atoms with Crippen LogP contribution in [0.1, 0.15) is 0 Å². The number of rotatable bonds is 1. The molecule has 0 aromatic carbocycles. The Hall–Kier alpha value is -0.535. The summed E-state index contributed by atoms with van der Waals surface area (Å²) in [6.07, 6.45) is 0.708. The zero-order valence-corrected chi connectivity index (χ0v) is 2.81. The lowest BCUT2D eigenvalue weighted by molar-refractivity contribution is -0.0141. The smallest absolute Gasteiger partial charge is 0.248 e. The largest absolute Gasteiger partial charge is 0.325 e. The van der Waals surface area contributed by atoms with Crippen LogP contribution >= 0.6 is 0 Å². The fourth-order valence-corrected chi connectivity index (χ4v) is 0.0398. The molecule has 4 heteroatoms. The SMILES string of the molecule is B/N=C/OF. The summed E-state index contributed by atoms with van der Waals surface area (Å²) in [6.45, 7) is 0. The van der Waals surface area contributed by atoms with Gasteiger partial charge in [0, 0.05) is 4.53 Å². The van der Waals surface area contributed by atoms with E-state index in [2.05, 4.69) is 9.84 Å². The third kappa shape index (κ3) is 3.46. The molecule has 0 unspecified atom stereocenters. The van der Waals surface area contributed by atoms with Crippen molar-refractivity contribution in [1.29, 1.82) is 0 Å². The molecule has 0 saturated carbocycles. The minimum absolute atomic E-state index is 0.708. The van der Waals surface area contributed by atoms with Gasteiger partial charge in [-0.3, -0.25) is 4.94 Å². The van der Waals surface area contributed by atoms with Crippen LogP contribution in [0.4, 0.5) is 4.53 Å². The zero-order valence-electron chi connectivity index (χ0n) is 2.81. The Morgan fingerprint density at radius 3 is 2.60 bits per heavy atom. The van der Waals surface area contributed by atoms with Crippen LogP contribution in [-0.4, -0.2) is 14.4 Å². The van der Waals surface area contributed by atoms with E-state index in [0.29, 0.717) is 6.40 Å². The second kappa shape index (κ2) is 3.46. The molecule has 0 aliphatic rings. The lowest BCUT2D eigenvalue weighted by atomic mass is 10.5. The summed E-state index contributed by atoms with van der Waals surface area (Å²) in [4.78, 5) is 6.03. The first-order valence-corrected chi connectivity index (χ1v) is 1.10. The van der Waals surface area contributed by atoms with E-state index in [1.54, 1.807) is 0 Å². The minimum Gasteiger partial charge on any atom is -0.325 e. The van der Waals surface area contributed by atoms with Gasteiger partial charge in [0.25, 0.3) is 0 Å². The molecular weight excluding hydrogens is 71.8 g/mol. The van der Waals surface area contributed by atoms with Crippen molar-refractivity contribution in [3.63, 3.8) is 0 Å². The van der Waals surface area contributed by atoms with E-state index in [1.165, 1.54) is 7.98 Å². The molecule has 0 bridgehead atoms. The average molecular weight is 74.9 g/mol. The highest BCUT2D eigenvalue weighted by Crippen LogP contribution is 1.58. The lowest BCUT2D eigenvalue weighted by Crippen LogP contribution is -1.66. The monoisotopic (exact) mass is 75.0 g/mol. The summed E-state index contributed by atoms with van der Waals surface area (Å²) < 4.78 is 10.3. The number of hydrogen-bond acceptors (Lipinski definition) is 2. The third-order valence-electron chi connectivity index (χ3n) is 0.145. The Labute approximate surface area is 30.0 Å². The van der Waals surface area contributed by atoms with E-state index in [9.17, 15) is 4.53 Å². The van der Waals surface area contributed by atoms with Crippen LogP contribution in [-0.2, 0) is 4.94 Å². The highest BCUT2D eigenvalue weighted by atomic mass is 19.3. The van der Waals surface area contributed by atoms with E-state index in [0.717, 1.165) is 0 Å². The van der Waals surface area contributed by atoms with E-state index < -0.39 is 0 Å².